The van der Waals surface area contributed by atoms with E-state index in [0.717, 1.165) is 23.3 Å². The van der Waals surface area contributed by atoms with Gasteiger partial charge in [0.05, 0.1) is 6.61 Å². The maximum absolute atomic E-state index is 11.9. The fourth-order valence-electron chi connectivity index (χ4n) is 2.58. The minimum Gasteiger partial charge on any atom is -0.493 e. The van der Waals surface area contributed by atoms with E-state index in [9.17, 15) is 9.59 Å². The molecule has 1 amide bonds. The summed E-state index contributed by atoms with van der Waals surface area (Å²) in [6.07, 6.45) is 3.88. The first-order valence-corrected chi connectivity index (χ1v) is 8.97. The van der Waals surface area contributed by atoms with E-state index in [1.54, 1.807) is 6.08 Å². The smallest absolute Gasteiger partial charge is 0.331 e. The Kier molecular flexibility index (Phi) is 7.06. The van der Waals surface area contributed by atoms with E-state index >= 15 is 0 Å². The van der Waals surface area contributed by atoms with Crippen LogP contribution in [0.5, 0.6) is 11.5 Å². The molecule has 0 saturated carbocycles. The standard InChI is InChI=1S/C20H27NO5/c1-5-24-17-10-16-8-14(4)26-18(16)9-15(17)6-7-20(23)25-12-19(22)21-11-13(2)3/h6-7,9-10,13-14H,5,8,11-12H2,1-4H3,(H,21,22)/b7-6+/t14-/m0/s1. The molecule has 6 heteroatoms. The van der Waals surface area contributed by atoms with E-state index in [2.05, 4.69) is 5.32 Å². The number of esters is 1. The molecule has 0 spiro atoms. The average molecular weight is 361 g/mol. The lowest BCUT2D eigenvalue weighted by Crippen LogP contribution is -2.31. The van der Waals surface area contributed by atoms with Gasteiger partial charge in [-0.15, -0.1) is 0 Å². The Morgan fingerprint density at radius 2 is 2.15 bits per heavy atom. The Labute approximate surface area is 154 Å². The van der Waals surface area contributed by atoms with Gasteiger partial charge in [0.2, 0.25) is 0 Å². The highest BCUT2D eigenvalue weighted by Crippen LogP contribution is 2.35. The van der Waals surface area contributed by atoms with Crippen LogP contribution in [0.3, 0.4) is 0 Å². The number of carbonyl (C=O) groups is 2. The molecular weight excluding hydrogens is 334 g/mol. The highest BCUT2D eigenvalue weighted by Gasteiger charge is 2.21. The topological polar surface area (TPSA) is 73.9 Å². The Balaban J connectivity index is 1.97. The molecule has 1 aliphatic rings. The fourth-order valence-corrected chi connectivity index (χ4v) is 2.58. The molecule has 1 aromatic carbocycles. The first kappa shape index (κ1) is 19.8. The van der Waals surface area contributed by atoms with Crippen molar-refractivity contribution in [2.75, 3.05) is 19.8 Å². The zero-order valence-corrected chi connectivity index (χ0v) is 15.8. The van der Waals surface area contributed by atoms with Crippen molar-refractivity contribution in [3.05, 3.63) is 29.3 Å². The number of hydrogen-bond donors (Lipinski definition) is 1. The predicted molar refractivity (Wildman–Crippen MR) is 99.2 cm³/mol. The van der Waals surface area contributed by atoms with Gasteiger partial charge in [-0.05, 0) is 38.0 Å². The number of nitrogens with one attached hydrogen (secondary N) is 1. The minimum atomic E-state index is -0.582. The Morgan fingerprint density at radius 1 is 1.38 bits per heavy atom. The van der Waals surface area contributed by atoms with E-state index in [1.165, 1.54) is 6.08 Å². The Hall–Kier alpha value is -2.50. The lowest BCUT2D eigenvalue weighted by atomic mass is 10.1. The van der Waals surface area contributed by atoms with Crippen LogP contribution in [-0.2, 0) is 20.7 Å². The van der Waals surface area contributed by atoms with Crippen LogP contribution in [0.15, 0.2) is 18.2 Å². The van der Waals surface area contributed by atoms with Crippen molar-refractivity contribution >= 4 is 18.0 Å². The third kappa shape index (κ3) is 5.79. The molecule has 0 aliphatic carbocycles. The normalized spacial score (nSPS) is 15.7. The molecular formula is C20H27NO5. The van der Waals surface area contributed by atoms with Crippen molar-refractivity contribution in [1.29, 1.82) is 0 Å². The predicted octanol–water partition coefficient (Wildman–Crippen LogP) is 2.74. The molecule has 26 heavy (non-hydrogen) atoms. The third-order valence-electron chi connectivity index (χ3n) is 3.78. The number of ether oxygens (including phenoxy) is 3. The molecule has 1 heterocycles. The van der Waals surface area contributed by atoms with Gasteiger partial charge in [-0.2, -0.15) is 0 Å². The van der Waals surface area contributed by atoms with Gasteiger partial charge >= 0.3 is 5.97 Å². The van der Waals surface area contributed by atoms with Gasteiger partial charge in [-0.25, -0.2) is 4.79 Å². The Bertz CT molecular complexity index is 681. The first-order valence-electron chi connectivity index (χ1n) is 8.97. The van der Waals surface area contributed by atoms with Gasteiger partial charge in [-0.3, -0.25) is 4.79 Å². The van der Waals surface area contributed by atoms with Crippen molar-refractivity contribution in [2.24, 2.45) is 5.92 Å². The average Bonchev–Trinajstić information content (AvgIpc) is 2.95. The third-order valence-corrected chi connectivity index (χ3v) is 3.78. The highest BCUT2D eigenvalue weighted by molar-refractivity contribution is 5.89. The molecule has 1 atom stereocenters. The summed E-state index contributed by atoms with van der Waals surface area (Å²) >= 11 is 0. The van der Waals surface area contributed by atoms with Crippen molar-refractivity contribution in [1.82, 2.24) is 5.32 Å². The number of fused-ring (bicyclic) bond motifs is 1. The van der Waals surface area contributed by atoms with Gasteiger partial charge in [0.15, 0.2) is 6.61 Å². The van der Waals surface area contributed by atoms with Crippen LogP contribution < -0.4 is 14.8 Å². The van der Waals surface area contributed by atoms with Crippen LogP contribution in [0.2, 0.25) is 0 Å². The fraction of sp³-hybridized carbons (Fsp3) is 0.500. The van der Waals surface area contributed by atoms with Gasteiger partial charge in [-0.1, -0.05) is 13.8 Å². The summed E-state index contributed by atoms with van der Waals surface area (Å²) in [5, 5.41) is 2.69. The second-order valence-corrected chi connectivity index (χ2v) is 6.70. The second kappa shape index (κ2) is 9.27. The van der Waals surface area contributed by atoms with Gasteiger partial charge < -0.3 is 19.5 Å². The summed E-state index contributed by atoms with van der Waals surface area (Å²) < 4.78 is 16.4. The monoisotopic (exact) mass is 361 g/mol. The van der Waals surface area contributed by atoms with Gasteiger partial charge in [0.1, 0.15) is 17.6 Å². The number of rotatable bonds is 8. The second-order valence-electron chi connectivity index (χ2n) is 6.70. The SMILES string of the molecule is CCOc1cc2c(cc1/C=C/C(=O)OCC(=O)NCC(C)C)O[C@@H](C)C2. The lowest BCUT2D eigenvalue weighted by Gasteiger charge is -2.10. The molecule has 0 fully saturated rings. The minimum absolute atomic E-state index is 0.132. The summed E-state index contributed by atoms with van der Waals surface area (Å²) in [4.78, 5) is 23.4. The highest BCUT2D eigenvalue weighted by atomic mass is 16.5. The summed E-state index contributed by atoms with van der Waals surface area (Å²) in [7, 11) is 0. The quantitative estimate of drug-likeness (QED) is 0.569. The van der Waals surface area contributed by atoms with Crippen molar-refractivity contribution in [3.8, 4) is 11.5 Å². The molecule has 6 nitrogen and oxygen atoms in total. The van der Waals surface area contributed by atoms with Gasteiger partial charge in [0, 0.05) is 30.2 Å². The molecule has 1 aliphatic heterocycles. The zero-order valence-electron chi connectivity index (χ0n) is 15.8. The van der Waals surface area contributed by atoms with E-state index in [-0.39, 0.29) is 18.6 Å². The zero-order chi connectivity index (χ0) is 19.1. The molecule has 0 aromatic heterocycles. The molecule has 1 N–H and O–H groups in total. The first-order chi connectivity index (χ1) is 12.4. The van der Waals surface area contributed by atoms with E-state index in [1.807, 2.05) is 39.8 Å². The molecule has 0 unspecified atom stereocenters. The van der Waals surface area contributed by atoms with Crippen LogP contribution in [0.4, 0.5) is 0 Å². The lowest BCUT2D eigenvalue weighted by molar-refractivity contribution is -0.143. The maximum Gasteiger partial charge on any atom is 0.331 e. The van der Waals surface area contributed by atoms with Crippen LogP contribution in [0.25, 0.3) is 6.08 Å². The molecule has 0 saturated heterocycles. The number of hydrogen-bond acceptors (Lipinski definition) is 5. The summed E-state index contributed by atoms with van der Waals surface area (Å²) in [6.45, 7) is 8.69. The number of carbonyl (C=O) groups excluding carboxylic acids is 2. The number of benzene rings is 1. The van der Waals surface area contributed by atoms with Crippen LogP contribution in [0.1, 0.15) is 38.8 Å². The van der Waals surface area contributed by atoms with Crippen molar-refractivity contribution < 1.29 is 23.8 Å². The van der Waals surface area contributed by atoms with Crippen molar-refractivity contribution in [2.45, 2.75) is 40.2 Å². The molecule has 2 rings (SSSR count). The van der Waals surface area contributed by atoms with Crippen LogP contribution >= 0.6 is 0 Å². The summed E-state index contributed by atoms with van der Waals surface area (Å²) in [5.41, 5.74) is 1.84. The van der Waals surface area contributed by atoms with Crippen LogP contribution in [0, 0.1) is 5.92 Å². The summed E-state index contributed by atoms with van der Waals surface area (Å²) in [5.74, 6) is 0.957. The van der Waals surface area contributed by atoms with E-state index in [0.29, 0.717) is 24.8 Å². The Morgan fingerprint density at radius 3 is 2.85 bits per heavy atom. The van der Waals surface area contributed by atoms with Gasteiger partial charge in [0.25, 0.3) is 5.91 Å². The molecule has 0 bridgehead atoms. The largest absolute Gasteiger partial charge is 0.493 e. The van der Waals surface area contributed by atoms with Crippen molar-refractivity contribution in [3.63, 3.8) is 0 Å². The van der Waals surface area contributed by atoms with E-state index < -0.39 is 5.97 Å². The summed E-state index contributed by atoms with van der Waals surface area (Å²) in [6, 6.07) is 3.82. The van der Waals surface area contributed by atoms with Crippen LogP contribution in [-0.4, -0.2) is 37.7 Å². The molecule has 142 valence electrons. The molecule has 1 aromatic rings. The number of amides is 1. The maximum atomic E-state index is 11.9. The molecule has 0 radical (unpaired) electrons. The van der Waals surface area contributed by atoms with E-state index in [4.69, 9.17) is 14.2 Å².